The van der Waals surface area contributed by atoms with Crippen LogP contribution in [-0.4, -0.2) is 15.3 Å². The maximum Gasteiger partial charge on any atom is 0.317 e. The summed E-state index contributed by atoms with van der Waals surface area (Å²) < 4.78 is 0. The van der Waals surface area contributed by atoms with Gasteiger partial charge in [-0.25, -0.2) is 0 Å². The molecule has 0 saturated carbocycles. The molecule has 0 bridgehead atoms. The minimum Gasteiger partial charge on any atom is -0.319 e. The molecule has 0 saturated heterocycles. The molecule has 1 aromatic rings. The van der Waals surface area contributed by atoms with Crippen molar-refractivity contribution in [2.75, 3.05) is 0 Å². The minimum atomic E-state index is -0.443. The number of fused-ring (bicyclic) bond motifs is 1. The molecule has 0 aliphatic carbocycles. The highest BCUT2D eigenvalue weighted by Gasteiger charge is 2.26. The molecule has 0 radical (unpaired) electrons. The van der Waals surface area contributed by atoms with Gasteiger partial charge in [-0.1, -0.05) is 11.6 Å². The molecule has 0 N–H and O–H groups in total. The van der Waals surface area contributed by atoms with Crippen molar-refractivity contribution >= 4 is 28.6 Å². The van der Waals surface area contributed by atoms with Gasteiger partial charge in [0.25, 0.3) is 0 Å². The van der Waals surface area contributed by atoms with E-state index in [0.717, 1.165) is 22.5 Å². The quantitative estimate of drug-likeness (QED) is 0.520. The number of hydrogen-bond acceptors (Lipinski definition) is 2. The van der Waals surface area contributed by atoms with Crippen LogP contribution < -0.4 is 0 Å². The number of aromatic nitrogens is 1. The fourth-order valence-corrected chi connectivity index (χ4v) is 2.11. The summed E-state index contributed by atoms with van der Waals surface area (Å²) >= 11 is 11.5. The number of rotatable bonds is 0. The maximum atomic E-state index is 11.0. The van der Waals surface area contributed by atoms with E-state index in [2.05, 4.69) is 4.98 Å². The molecule has 0 atom stereocenters. The van der Waals surface area contributed by atoms with Gasteiger partial charge in [0, 0.05) is 6.54 Å². The van der Waals surface area contributed by atoms with Crippen LogP contribution in [0.3, 0.4) is 0 Å². The molecule has 2 heterocycles. The molecule has 5 heteroatoms. The predicted molar refractivity (Wildman–Crippen MR) is 59.2 cm³/mol. The van der Waals surface area contributed by atoms with E-state index >= 15 is 0 Å². The van der Waals surface area contributed by atoms with Crippen LogP contribution in [-0.2, 0) is 13.1 Å². The average molecular weight is 245 g/mol. The van der Waals surface area contributed by atoms with Crippen LogP contribution in [0.15, 0.2) is 0 Å². The molecule has 2 rings (SSSR count). The molecule has 1 aliphatic heterocycles. The van der Waals surface area contributed by atoms with Crippen LogP contribution in [0.25, 0.3) is 0 Å². The molecular formula is C10H10Cl2N2O. The third-order valence-corrected chi connectivity index (χ3v) is 3.48. The highest BCUT2D eigenvalue weighted by molar-refractivity contribution is 6.62. The van der Waals surface area contributed by atoms with E-state index in [-0.39, 0.29) is 0 Å². The first-order valence-electron chi connectivity index (χ1n) is 4.59. The van der Waals surface area contributed by atoms with Gasteiger partial charge in [-0.2, -0.15) is 0 Å². The Kier molecular flexibility index (Phi) is 2.61. The summed E-state index contributed by atoms with van der Waals surface area (Å²) in [5.41, 5.74) is 3.74. The van der Waals surface area contributed by atoms with Gasteiger partial charge in [0.05, 0.1) is 23.0 Å². The SMILES string of the molecule is Cc1nc2c(c(C)c1Cl)CN(C(=O)Cl)C2. The average Bonchev–Trinajstić information content (AvgIpc) is 2.58. The third-order valence-electron chi connectivity index (χ3n) is 2.69. The first-order chi connectivity index (χ1) is 7.00. The summed E-state index contributed by atoms with van der Waals surface area (Å²) in [4.78, 5) is 16.9. The lowest BCUT2D eigenvalue weighted by Crippen LogP contribution is -2.18. The molecular weight excluding hydrogens is 235 g/mol. The van der Waals surface area contributed by atoms with E-state index in [1.165, 1.54) is 0 Å². The zero-order valence-corrected chi connectivity index (χ0v) is 9.98. The van der Waals surface area contributed by atoms with Gasteiger partial charge < -0.3 is 4.90 Å². The summed E-state index contributed by atoms with van der Waals surface area (Å²) in [7, 11) is 0. The summed E-state index contributed by atoms with van der Waals surface area (Å²) in [6.45, 7) is 4.80. The van der Waals surface area contributed by atoms with Crippen molar-refractivity contribution in [1.82, 2.24) is 9.88 Å². The minimum absolute atomic E-state index is 0.443. The monoisotopic (exact) mass is 244 g/mol. The topological polar surface area (TPSA) is 33.2 Å². The third kappa shape index (κ3) is 1.70. The molecule has 0 aromatic carbocycles. The second-order valence-corrected chi connectivity index (χ2v) is 4.37. The van der Waals surface area contributed by atoms with Crippen molar-refractivity contribution in [2.24, 2.45) is 0 Å². The summed E-state index contributed by atoms with van der Waals surface area (Å²) in [6, 6.07) is 0. The zero-order chi connectivity index (χ0) is 11.2. The van der Waals surface area contributed by atoms with Crippen LogP contribution in [0.4, 0.5) is 4.79 Å². The zero-order valence-electron chi connectivity index (χ0n) is 8.47. The number of halogens is 2. The fourth-order valence-electron chi connectivity index (χ4n) is 1.83. The lowest BCUT2D eigenvalue weighted by atomic mass is 10.1. The van der Waals surface area contributed by atoms with Crippen LogP contribution in [0.5, 0.6) is 0 Å². The highest BCUT2D eigenvalue weighted by Crippen LogP contribution is 2.30. The lowest BCUT2D eigenvalue weighted by Gasteiger charge is -2.09. The number of pyridine rings is 1. The number of carbonyl (C=O) groups is 1. The molecule has 1 aromatic heterocycles. The first kappa shape index (κ1) is 10.7. The molecule has 1 aliphatic rings. The van der Waals surface area contributed by atoms with Crippen molar-refractivity contribution in [3.63, 3.8) is 0 Å². The Morgan fingerprint density at radius 2 is 2.07 bits per heavy atom. The number of aryl methyl sites for hydroxylation is 1. The van der Waals surface area contributed by atoms with E-state index in [9.17, 15) is 4.79 Å². The van der Waals surface area contributed by atoms with Gasteiger partial charge >= 0.3 is 5.37 Å². The number of hydrogen-bond donors (Lipinski definition) is 0. The number of nitrogens with zero attached hydrogens (tertiary/aromatic N) is 2. The Morgan fingerprint density at radius 3 is 2.67 bits per heavy atom. The van der Waals surface area contributed by atoms with Crippen molar-refractivity contribution in [3.05, 3.63) is 27.5 Å². The molecule has 0 unspecified atom stereocenters. The second-order valence-electron chi connectivity index (χ2n) is 3.67. The maximum absolute atomic E-state index is 11.0. The van der Waals surface area contributed by atoms with Gasteiger partial charge in [-0.3, -0.25) is 9.78 Å². The molecule has 0 spiro atoms. The van der Waals surface area contributed by atoms with E-state index < -0.39 is 5.37 Å². The van der Waals surface area contributed by atoms with Crippen molar-refractivity contribution in [2.45, 2.75) is 26.9 Å². The van der Waals surface area contributed by atoms with Gasteiger partial charge in [-0.15, -0.1) is 0 Å². The van der Waals surface area contributed by atoms with Crippen LogP contribution in [0, 0.1) is 13.8 Å². The largest absolute Gasteiger partial charge is 0.319 e. The van der Waals surface area contributed by atoms with Gasteiger partial charge in [0.1, 0.15) is 0 Å². The van der Waals surface area contributed by atoms with E-state index in [0.29, 0.717) is 18.1 Å². The second kappa shape index (κ2) is 3.65. The van der Waals surface area contributed by atoms with Crippen LogP contribution in [0.2, 0.25) is 5.02 Å². The van der Waals surface area contributed by atoms with Crippen molar-refractivity contribution in [3.8, 4) is 0 Å². The van der Waals surface area contributed by atoms with E-state index in [1.807, 2.05) is 13.8 Å². The summed E-state index contributed by atoms with van der Waals surface area (Å²) in [6.07, 6.45) is 0. The normalized spacial score (nSPS) is 14.3. The summed E-state index contributed by atoms with van der Waals surface area (Å²) in [5, 5.41) is 0.235. The summed E-state index contributed by atoms with van der Waals surface area (Å²) in [5.74, 6) is 0. The standard InChI is InChI=1S/C10H10Cl2N2O/c1-5-7-3-14(10(12)15)4-8(7)13-6(2)9(5)11/h3-4H2,1-2H3. The van der Waals surface area contributed by atoms with E-state index in [4.69, 9.17) is 23.2 Å². The van der Waals surface area contributed by atoms with Gasteiger partial charge in [0.15, 0.2) is 0 Å². The number of amides is 1. The van der Waals surface area contributed by atoms with Crippen molar-refractivity contribution < 1.29 is 4.79 Å². The molecule has 15 heavy (non-hydrogen) atoms. The molecule has 0 fully saturated rings. The smallest absolute Gasteiger partial charge is 0.317 e. The Labute approximate surface area is 98.0 Å². The Morgan fingerprint density at radius 1 is 1.40 bits per heavy atom. The fraction of sp³-hybridized carbons (Fsp3) is 0.400. The predicted octanol–water partition coefficient (Wildman–Crippen LogP) is 3.03. The van der Waals surface area contributed by atoms with Crippen LogP contribution in [0.1, 0.15) is 22.5 Å². The first-order valence-corrected chi connectivity index (χ1v) is 5.35. The molecule has 80 valence electrons. The number of carbonyl (C=O) groups excluding carboxylic acids is 1. The Bertz CT molecular complexity index is 446. The Balaban J connectivity index is 2.47. The van der Waals surface area contributed by atoms with Crippen LogP contribution >= 0.6 is 23.2 Å². The molecule has 3 nitrogen and oxygen atoms in total. The lowest BCUT2D eigenvalue weighted by molar-refractivity contribution is 0.222. The Hall–Kier alpha value is -0.800. The highest BCUT2D eigenvalue weighted by atomic mass is 35.5. The van der Waals surface area contributed by atoms with Gasteiger partial charge in [0.2, 0.25) is 0 Å². The van der Waals surface area contributed by atoms with Gasteiger partial charge in [-0.05, 0) is 36.6 Å². The van der Waals surface area contributed by atoms with Crippen molar-refractivity contribution in [1.29, 1.82) is 0 Å². The molecule has 1 amide bonds. The van der Waals surface area contributed by atoms with E-state index in [1.54, 1.807) is 4.90 Å².